The number of hydrogen-bond donors (Lipinski definition) is 1. The van der Waals surface area contributed by atoms with E-state index < -0.39 is 12.4 Å². The van der Waals surface area contributed by atoms with Crippen molar-refractivity contribution in [3.8, 4) is 11.5 Å². The van der Waals surface area contributed by atoms with Gasteiger partial charge >= 0.3 is 0 Å². The molecule has 0 spiro atoms. The maximum absolute atomic E-state index is 11.8. The highest BCUT2D eigenvalue weighted by molar-refractivity contribution is 6.00. The Morgan fingerprint density at radius 1 is 1.19 bits per heavy atom. The second-order valence-electron chi connectivity index (χ2n) is 4.13. The van der Waals surface area contributed by atoms with Crippen molar-refractivity contribution in [2.75, 3.05) is 34.4 Å². The molecule has 0 aliphatic heterocycles. The van der Waals surface area contributed by atoms with Crippen LogP contribution in [0.3, 0.4) is 0 Å². The number of allylic oxidation sites excluding steroid dienone is 1. The lowest BCUT2D eigenvalue weighted by atomic mass is 10.0. The topological polar surface area (TPSA) is 74.2 Å². The number of rotatable bonds is 10. The first-order valence-electron chi connectivity index (χ1n) is 6.33. The van der Waals surface area contributed by atoms with E-state index in [1.807, 2.05) is 0 Å². The van der Waals surface area contributed by atoms with E-state index in [0.717, 1.165) is 5.56 Å². The molecule has 0 saturated heterocycles. The maximum atomic E-state index is 11.8. The predicted molar refractivity (Wildman–Crippen MR) is 76.8 cm³/mol. The number of Topliss-reactive ketones (excluding diaryl/α,β-unsaturated/α-hetero) is 1. The number of ether oxygens (including phenoxy) is 4. The number of hydrogen-bond acceptors (Lipinski definition) is 6. The van der Waals surface area contributed by atoms with Crippen molar-refractivity contribution in [2.24, 2.45) is 0 Å². The zero-order valence-corrected chi connectivity index (χ0v) is 12.3. The van der Waals surface area contributed by atoms with Gasteiger partial charge in [-0.15, -0.1) is 6.58 Å². The van der Waals surface area contributed by atoms with Crippen molar-refractivity contribution in [2.45, 2.75) is 6.42 Å². The third kappa shape index (κ3) is 4.86. The summed E-state index contributed by atoms with van der Waals surface area (Å²) in [4.78, 5) is 11.8. The first-order chi connectivity index (χ1) is 10.2. The highest BCUT2D eigenvalue weighted by Crippen LogP contribution is 2.30. The first kappa shape index (κ1) is 17.2. The summed E-state index contributed by atoms with van der Waals surface area (Å²) in [7, 11) is 2.99. The zero-order chi connectivity index (χ0) is 15.7. The molecule has 0 bridgehead atoms. The molecule has 0 unspecified atom stereocenters. The monoisotopic (exact) mass is 296 g/mol. The van der Waals surface area contributed by atoms with E-state index >= 15 is 0 Å². The third-order valence-electron chi connectivity index (χ3n) is 2.64. The fourth-order valence-corrected chi connectivity index (χ4v) is 1.72. The van der Waals surface area contributed by atoms with Crippen LogP contribution >= 0.6 is 0 Å². The summed E-state index contributed by atoms with van der Waals surface area (Å²) in [6, 6.07) is 3.20. The van der Waals surface area contributed by atoms with E-state index in [4.69, 9.17) is 24.1 Å². The van der Waals surface area contributed by atoms with Crippen LogP contribution in [0.1, 0.15) is 15.9 Å². The number of carbonyl (C=O) groups excluding carboxylic acids is 1. The Morgan fingerprint density at radius 2 is 1.81 bits per heavy atom. The third-order valence-corrected chi connectivity index (χ3v) is 2.64. The Labute approximate surface area is 123 Å². The van der Waals surface area contributed by atoms with Gasteiger partial charge in [-0.3, -0.25) is 4.79 Å². The van der Waals surface area contributed by atoms with Gasteiger partial charge in [0.15, 0.2) is 19.4 Å². The van der Waals surface area contributed by atoms with E-state index in [1.54, 1.807) is 18.2 Å². The summed E-state index contributed by atoms with van der Waals surface area (Å²) in [5.41, 5.74) is 1.03. The summed E-state index contributed by atoms with van der Waals surface area (Å²) in [5, 5.41) is 9.06. The van der Waals surface area contributed by atoms with Gasteiger partial charge in [0.2, 0.25) is 0 Å². The van der Waals surface area contributed by atoms with Gasteiger partial charge in [0, 0.05) is 20.3 Å². The molecule has 1 rings (SSSR count). The Morgan fingerprint density at radius 3 is 2.33 bits per heavy atom. The summed E-state index contributed by atoms with van der Waals surface area (Å²) < 4.78 is 20.5. The predicted octanol–water partition coefficient (Wildman–Crippen LogP) is 1.56. The average Bonchev–Trinajstić information content (AvgIpc) is 2.51. The van der Waals surface area contributed by atoms with Gasteiger partial charge < -0.3 is 24.1 Å². The van der Waals surface area contributed by atoms with Gasteiger partial charge in [0.25, 0.3) is 0 Å². The molecule has 0 amide bonds. The molecule has 0 atom stereocenters. The number of benzene rings is 1. The normalized spacial score (nSPS) is 10.2. The van der Waals surface area contributed by atoms with Crippen molar-refractivity contribution in [3.05, 3.63) is 35.9 Å². The van der Waals surface area contributed by atoms with Gasteiger partial charge in [-0.05, 0) is 18.1 Å². The Kier molecular flexibility index (Phi) is 7.45. The second-order valence-corrected chi connectivity index (χ2v) is 4.13. The van der Waals surface area contributed by atoms with E-state index in [9.17, 15) is 4.79 Å². The highest BCUT2D eigenvalue weighted by atomic mass is 16.7. The lowest BCUT2D eigenvalue weighted by Crippen LogP contribution is -2.11. The lowest BCUT2D eigenvalue weighted by molar-refractivity contribution is 0.0450. The van der Waals surface area contributed by atoms with Crippen LogP contribution in [0, 0.1) is 0 Å². The van der Waals surface area contributed by atoms with Crippen molar-refractivity contribution in [1.29, 1.82) is 0 Å². The molecule has 0 fully saturated rings. The minimum absolute atomic E-state index is 0.0176. The Balaban J connectivity index is 3.23. The Bertz CT molecular complexity index is 483. The highest BCUT2D eigenvalue weighted by Gasteiger charge is 2.17. The number of aliphatic hydroxyl groups is 1. The molecule has 21 heavy (non-hydrogen) atoms. The van der Waals surface area contributed by atoms with Gasteiger partial charge in [0.1, 0.15) is 18.1 Å². The van der Waals surface area contributed by atoms with Gasteiger partial charge in [-0.1, -0.05) is 6.08 Å². The summed E-state index contributed by atoms with van der Waals surface area (Å²) in [6.45, 7) is 3.12. The largest absolute Gasteiger partial charge is 0.467 e. The molecule has 0 saturated carbocycles. The molecule has 0 radical (unpaired) electrons. The minimum Gasteiger partial charge on any atom is -0.467 e. The molecular weight excluding hydrogens is 276 g/mol. The summed E-state index contributed by atoms with van der Waals surface area (Å²) in [6.07, 6.45) is 2.20. The SMILES string of the molecule is C=CCc1cc(C(=O)CO)c(OCOC)cc1OCOC. The van der Waals surface area contributed by atoms with Crippen molar-refractivity contribution < 1.29 is 28.8 Å². The van der Waals surface area contributed by atoms with Crippen molar-refractivity contribution in [3.63, 3.8) is 0 Å². The van der Waals surface area contributed by atoms with E-state index in [2.05, 4.69) is 6.58 Å². The van der Waals surface area contributed by atoms with Crippen LogP contribution in [0.2, 0.25) is 0 Å². The lowest BCUT2D eigenvalue weighted by Gasteiger charge is -2.15. The van der Waals surface area contributed by atoms with Crippen molar-refractivity contribution in [1.82, 2.24) is 0 Å². The molecule has 1 aromatic rings. The fourth-order valence-electron chi connectivity index (χ4n) is 1.72. The van der Waals surface area contributed by atoms with Crippen LogP contribution in [-0.2, 0) is 15.9 Å². The number of aliphatic hydroxyl groups excluding tert-OH is 1. The fraction of sp³-hybridized carbons (Fsp3) is 0.400. The molecular formula is C15H20O6. The molecule has 0 aliphatic rings. The van der Waals surface area contributed by atoms with E-state index in [1.165, 1.54) is 14.2 Å². The first-order valence-corrected chi connectivity index (χ1v) is 6.33. The Hall–Kier alpha value is -1.89. The average molecular weight is 296 g/mol. The zero-order valence-electron chi connectivity index (χ0n) is 12.3. The van der Waals surface area contributed by atoms with E-state index in [-0.39, 0.29) is 24.9 Å². The van der Waals surface area contributed by atoms with Crippen LogP contribution in [-0.4, -0.2) is 45.3 Å². The molecule has 6 heteroatoms. The van der Waals surface area contributed by atoms with Gasteiger partial charge in [-0.2, -0.15) is 0 Å². The van der Waals surface area contributed by atoms with Crippen LogP contribution in [0.4, 0.5) is 0 Å². The quantitative estimate of drug-likeness (QED) is 0.401. The van der Waals surface area contributed by atoms with E-state index in [0.29, 0.717) is 12.2 Å². The van der Waals surface area contributed by atoms with Crippen LogP contribution in [0.15, 0.2) is 24.8 Å². The molecule has 0 aromatic heterocycles. The molecule has 0 aliphatic carbocycles. The number of methoxy groups -OCH3 is 2. The minimum atomic E-state index is -0.602. The van der Waals surface area contributed by atoms with Crippen molar-refractivity contribution >= 4 is 5.78 Å². The van der Waals surface area contributed by atoms with Crippen LogP contribution < -0.4 is 9.47 Å². The standard InChI is InChI=1S/C15H20O6/c1-4-5-11-6-12(13(17)8-16)15(21-10-19-3)7-14(11)20-9-18-2/h4,6-7,16H,1,5,8-10H2,2-3H3. The number of carbonyl (C=O) groups is 1. The molecule has 116 valence electrons. The summed E-state index contributed by atoms with van der Waals surface area (Å²) >= 11 is 0. The number of ketones is 1. The molecule has 0 heterocycles. The van der Waals surface area contributed by atoms with Gasteiger partial charge in [0.05, 0.1) is 5.56 Å². The molecule has 1 aromatic carbocycles. The second kappa shape index (κ2) is 9.12. The van der Waals surface area contributed by atoms with Gasteiger partial charge in [-0.25, -0.2) is 0 Å². The summed E-state index contributed by atoms with van der Waals surface area (Å²) in [5.74, 6) is 0.372. The molecule has 1 N–H and O–H groups in total. The maximum Gasteiger partial charge on any atom is 0.191 e. The molecule has 6 nitrogen and oxygen atoms in total. The van der Waals surface area contributed by atoms with Crippen LogP contribution in [0.25, 0.3) is 0 Å². The van der Waals surface area contributed by atoms with Crippen LogP contribution in [0.5, 0.6) is 11.5 Å². The smallest absolute Gasteiger partial charge is 0.191 e.